The van der Waals surface area contributed by atoms with Crippen LogP contribution in [-0.2, 0) is 5.41 Å². The number of benzene rings is 2. The fourth-order valence-corrected chi connectivity index (χ4v) is 4.03. The number of urea groups is 1. The number of carbonyl (C=O) groups is 2. The summed E-state index contributed by atoms with van der Waals surface area (Å²) in [5, 5.41) is 8.77. The molecule has 0 saturated heterocycles. The highest BCUT2D eigenvalue weighted by Gasteiger charge is 2.39. The zero-order chi connectivity index (χ0) is 19.6. The van der Waals surface area contributed by atoms with E-state index in [9.17, 15) is 9.59 Å². The van der Waals surface area contributed by atoms with Gasteiger partial charge in [-0.15, -0.1) is 0 Å². The van der Waals surface area contributed by atoms with Crippen molar-refractivity contribution in [1.29, 1.82) is 0 Å². The van der Waals surface area contributed by atoms with Gasteiger partial charge in [-0.2, -0.15) is 0 Å². The third-order valence-corrected chi connectivity index (χ3v) is 6.15. The summed E-state index contributed by atoms with van der Waals surface area (Å²) < 4.78 is 1.07. The zero-order valence-electron chi connectivity index (χ0n) is 15.6. The molecule has 0 heterocycles. The van der Waals surface area contributed by atoms with Crippen molar-refractivity contribution in [2.75, 3.05) is 11.9 Å². The zero-order valence-corrected chi connectivity index (χ0v) is 17.2. The van der Waals surface area contributed by atoms with Crippen LogP contribution in [-0.4, -0.2) is 24.5 Å². The average Bonchev–Trinajstić information content (AvgIpc) is 3.45. The molecule has 3 N–H and O–H groups in total. The Balaban J connectivity index is 1.34. The van der Waals surface area contributed by atoms with Gasteiger partial charge in [0.2, 0.25) is 0 Å². The van der Waals surface area contributed by atoms with Crippen LogP contribution in [0, 0.1) is 0 Å². The highest BCUT2D eigenvalue weighted by Crippen LogP contribution is 2.43. The van der Waals surface area contributed by atoms with Gasteiger partial charge >= 0.3 is 6.03 Å². The maximum absolute atomic E-state index is 12.6. The van der Waals surface area contributed by atoms with E-state index in [1.807, 2.05) is 12.1 Å². The minimum atomic E-state index is -0.194. The molecular weight excluding hydrogens is 418 g/mol. The van der Waals surface area contributed by atoms with Crippen LogP contribution in [0.3, 0.4) is 0 Å². The van der Waals surface area contributed by atoms with Gasteiger partial charge in [0, 0.05) is 33.7 Å². The summed E-state index contributed by atoms with van der Waals surface area (Å²) in [5.41, 5.74) is 2.58. The van der Waals surface area contributed by atoms with Crippen molar-refractivity contribution in [2.24, 2.45) is 0 Å². The van der Waals surface area contributed by atoms with E-state index in [4.69, 9.17) is 0 Å². The van der Waals surface area contributed by atoms with Crippen LogP contribution in [0.1, 0.15) is 48.0 Å². The van der Waals surface area contributed by atoms with Gasteiger partial charge in [0.05, 0.1) is 0 Å². The van der Waals surface area contributed by atoms with Gasteiger partial charge in [0.25, 0.3) is 5.91 Å². The summed E-state index contributed by atoms with van der Waals surface area (Å²) in [6.45, 7) is 0.631. The van der Waals surface area contributed by atoms with Gasteiger partial charge in [-0.3, -0.25) is 4.79 Å². The third-order valence-electron chi connectivity index (χ3n) is 5.65. The molecule has 0 aromatic heterocycles. The van der Waals surface area contributed by atoms with Gasteiger partial charge < -0.3 is 16.0 Å². The first-order valence-electron chi connectivity index (χ1n) is 9.76. The summed E-state index contributed by atoms with van der Waals surface area (Å²) in [6.07, 6.45) is 5.46. The lowest BCUT2D eigenvalue weighted by molar-refractivity contribution is 0.0928. The smallest absolute Gasteiger partial charge is 0.319 e. The van der Waals surface area contributed by atoms with Gasteiger partial charge in [-0.05, 0) is 67.6 Å². The Labute approximate surface area is 173 Å². The lowest BCUT2D eigenvalue weighted by Gasteiger charge is -2.42. The first-order valence-corrected chi connectivity index (χ1v) is 10.6. The molecule has 2 aliphatic carbocycles. The van der Waals surface area contributed by atoms with E-state index in [-0.39, 0.29) is 17.4 Å². The Morgan fingerprint density at radius 3 is 2.43 bits per heavy atom. The predicted molar refractivity (Wildman–Crippen MR) is 114 cm³/mol. The van der Waals surface area contributed by atoms with Crippen LogP contribution >= 0.6 is 15.9 Å². The molecule has 2 fully saturated rings. The van der Waals surface area contributed by atoms with Gasteiger partial charge in [0.1, 0.15) is 0 Å². The number of anilines is 1. The molecule has 3 amide bonds. The second kappa shape index (κ2) is 7.95. The average molecular weight is 442 g/mol. The number of rotatable bonds is 6. The molecule has 0 aliphatic heterocycles. The predicted octanol–water partition coefficient (Wildman–Crippen LogP) is 4.58. The number of hydrogen-bond acceptors (Lipinski definition) is 2. The molecule has 2 aromatic rings. The van der Waals surface area contributed by atoms with E-state index in [2.05, 4.69) is 44.0 Å². The normalized spacial score (nSPS) is 17.3. The molecule has 0 bridgehead atoms. The van der Waals surface area contributed by atoms with E-state index in [1.54, 1.807) is 24.3 Å². The molecule has 28 heavy (non-hydrogen) atoms. The second-order valence-electron chi connectivity index (χ2n) is 7.78. The lowest BCUT2D eigenvalue weighted by atomic mass is 9.64. The van der Waals surface area contributed by atoms with Crippen LogP contribution in [0.15, 0.2) is 53.0 Å². The SMILES string of the molecule is O=C(Nc1ccc(C(=O)NCC2(c3cccc(Br)c3)CCC2)cc1)NC1CC1. The number of amides is 3. The topological polar surface area (TPSA) is 70.2 Å². The molecule has 6 heteroatoms. The molecule has 0 radical (unpaired) electrons. The highest BCUT2D eigenvalue weighted by molar-refractivity contribution is 9.10. The summed E-state index contributed by atoms with van der Waals surface area (Å²) in [5.74, 6) is -0.0877. The van der Waals surface area contributed by atoms with Crippen LogP contribution in [0.2, 0.25) is 0 Å². The van der Waals surface area contributed by atoms with E-state index >= 15 is 0 Å². The second-order valence-corrected chi connectivity index (χ2v) is 8.69. The lowest BCUT2D eigenvalue weighted by Crippen LogP contribution is -2.45. The maximum atomic E-state index is 12.6. The summed E-state index contributed by atoms with van der Waals surface area (Å²) in [4.78, 5) is 24.4. The summed E-state index contributed by atoms with van der Waals surface area (Å²) >= 11 is 3.54. The molecule has 4 rings (SSSR count). The van der Waals surface area contributed by atoms with Crippen molar-refractivity contribution < 1.29 is 9.59 Å². The number of halogens is 1. The molecule has 146 valence electrons. The minimum Gasteiger partial charge on any atom is -0.351 e. The van der Waals surface area contributed by atoms with E-state index in [0.717, 1.165) is 30.2 Å². The molecule has 5 nitrogen and oxygen atoms in total. The first kappa shape index (κ1) is 19.0. The van der Waals surface area contributed by atoms with E-state index in [0.29, 0.717) is 23.8 Å². The Kier molecular flexibility index (Phi) is 5.40. The number of nitrogens with one attached hydrogen (secondary N) is 3. The standard InChI is InChI=1S/C22H24BrN3O2/c23-17-4-1-3-16(13-17)22(11-2-12-22)14-24-20(27)15-5-7-18(8-6-15)25-21(28)26-19-9-10-19/h1,3-8,13,19H,2,9-12,14H2,(H,24,27)(H2,25,26,28). The van der Waals surface area contributed by atoms with E-state index < -0.39 is 0 Å². The summed E-state index contributed by atoms with van der Waals surface area (Å²) in [7, 11) is 0. The largest absolute Gasteiger partial charge is 0.351 e. The Morgan fingerprint density at radius 2 is 1.82 bits per heavy atom. The van der Waals surface area contributed by atoms with Crippen molar-refractivity contribution in [3.63, 3.8) is 0 Å². The Bertz CT molecular complexity index is 874. The third kappa shape index (κ3) is 4.38. The van der Waals surface area contributed by atoms with Gasteiger partial charge in [-0.1, -0.05) is 34.5 Å². The maximum Gasteiger partial charge on any atom is 0.319 e. The fourth-order valence-electron chi connectivity index (χ4n) is 3.63. The van der Waals surface area contributed by atoms with Gasteiger partial charge in [0.15, 0.2) is 0 Å². The fraction of sp³-hybridized carbons (Fsp3) is 0.364. The molecule has 0 spiro atoms. The number of carbonyl (C=O) groups excluding carboxylic acids is 2. The van der Waals surface area contributed by atoms with Crippen molar-refractivity contribution in [2.45, 2.75) is 43.6 Å². The van der Waals surface area contributed by atoms with Crippen molar-refractivity contribution in [1.82, 2.24) is 10.6 Å². The highest BCUT2D eigenvalue weighted by atomic mass is 79.9. The van der Waals surface area contributed by atoms with Crippen LogP contribution in [0.4, 0.5) is 10.5 Å². The summed E-state index contributed by atoms with van der Waals surface area (Å²) in [6, 6.07) is 15.5. The van der Waals surface area contributed by atoms with E-state index in [1.165, 1.54) is 12.0 Å². The Hall–Kier alpha value is -2.34. The quantitative estimate of drug-likeness (QED) is 0.613. The van der Waals surface area contributed by atoms with Crippen molar-refractivity contribution >= 4 is 33.6 Å². The molecule has 2 aromatic carbocycles. The van der Waals surface area contributed by atoms with Crippen molar-refractivity contribution in [3.05, 3.63) is 64.1 Å². The minimum absolute atomic E-state index is 0.0296. The monoisotopic (exact) mass is 441 g/mol. The molecular formula is C22H24BrN3O2. The van der Waals surface area contributed by atoms with Crippen molar-refractivity contribution in [3.8, 4) is 0 Å². The van der Waals surface area contributed by atoms with Crippen LogP contribution < -0.4 is 16.0 Å². The molecule has 0 atom stereocenters. The molecule has 2 aliphatic rings. The van der Waals surface area contributed by atoms with Gasteiger partial charge in [-0.25, -0.2) is 4.79 Å². The number of hydrogen-bond donors (Lipinski definition) is 3. The van der Waals surface area contributed by atoms with Crippen LogP contribution in [0.25, 0.3) is 0 Å². The van der Waals surface area contributed by atoms with Crippen LogP contribution in [0.5, 0.6) is 0 Å². The molecule has 0 unspecified atom stereocenters. The Morgan fingerprint density at radius 1 is 1.07 bits per heavy atom. The molecule has 2 saturated carbocycles. The first-order chi connectivity index (χ1) is 13.5.